The highest BCUT2D eigenvalue weighted by Gasteiger charge is 2.40. The second-order valence-corrected chi connectivity index (χ2v) is 6.31. The quantitative estimate of drug-likeness (QED) is 0.738. The van der Waals surface area contributed by atoms with E-state index in [1.807, 2.05) is 4.90 Å². The van der Waals surface area contributed by atoms with Crippen molar-refractivity contribution in [3.8, 4) is 0 Å². The van der Waals surface area contributed by atoms with E-state index in [2.05, 4.69) is 42.6 Å². The van der Waals surface area contributed by atoms with E-state index in [1.165, 1.54) is 44.5 Å². The minimum Gasteiger partial charge on any atom is -0.336 e. The molecule has 0 aromatic heterocycles. The molecule has 0 spiro atoms. The van der Waals surface area contributed by atoms with Crippen LogP contribution in [0.5, 0.6) is 0 Å². The highest BCUT2D eigenvalue weighted by atomic mass is 15.2. The average molecular weight is 246 g/mol. The maximum atomic E-state index is 2.66. The van der Waals surface area contributed by atoms with Crippen molar-refractivity contribution >= 4 is 0 Å². The van der Waals surface area contributed by atoms with Crippen molar-refractivity contribution < 1.29 is 10.2 Å². The van der Waals surface area contributed by atoms with Crippen LogP contribution in [0.4, 0.5) is 0 Å². The normalized spacial score (nSPS) is 32.4. The van der Waals surface area contributed by atoms with E-state index in [0.29, 0.717) is 0 Å². The lowest BCUT2D eigenvalue weighted by molar-refractivity contribution is -0.944. The van der Waals surface area contributed by atoms with Crippen molar-refractivity contribution in [2.75, 3.05) is 19.6 Å². The summed E-state index contributed by atoms with van der Waals surface area (Å²) >= 11 is 0. The van der Waals surface area contributed by atoms with Gasteiger partial charge in [0, 0.05) is 25.2 Å². The number of nitrogens with one attached hydrogen (secondary N) is 1. The lowest BCUT2D eigenvalue weighted by atomic mass is 9.83. The fourth-order valence-electron chi connectivity index (χ4n) is 3.88. The van der Waals surface area contributed by atoms with Crippen molar-refractivity contribution in [1.82, 2.24) is 0 Å². The number of rotatable bonds is 4. The zero-order valence-electron chi connectivity index (χ0n) is 11.4. The van der Waals surface area contributed by atoms with Gasteiger partial charge in [-0.1, -0.05) is 30.3 Å². The summed E-state index contributed by atoms with van der Waals surface area (Å²) in [5.41, 5.74) is 1.48. The van der Waals surface area contributed by atoms with Gasteiger partial charge in [0.2, 0.25) is 0 Å². The molecule has 1 aromatic rings. The molecule has 2 bridgehead atoms. The summed E-state index contributed by atoms with van der Waals surface area (Å²) in [6.07, 6.45) is 4.14. The van der Waals surface area contributed by atoms with Crippen LogP contribution < -0.4 is 10.2 Å². The topological polar surface area (TPSA) is 21.1 Å². The van der Waals surface area contributed by atoms with Gasteiger partial charge in [-0.05, 0) is 12.5 Å². The van der Waals surface area contributed by atoms with E-state index in [1.54, 1.807) is 0 Å². The highest BCUT2D eigenvalue weighted by molar-refractivity contribution is 5.15. The summed E-state index contributed by atoms with van der Waals surface area (Å²) in [6.45, 7) is 6.66. The van der Waals surface area contributed by atoms with Crippen LogP contribution in [-0.2, 0) is 6.42 Å². The van der Waals surface area contributed by atoms with Crippen molar-refractivity contribution in [3.05, 3.63) is 35.9 Å². The first kappa shape index (κ1) is 12.2. The molecule has 1 aromatic carbocycles. The maximum Gasteiger partial charge on any atom is 0.139 e. The maximum absolute atomic E-state index is 2.66. The van der Waals surface area contributed by atoms with Crippen LogP contribution >= 0.6 is 0 Å². The molecule has 0 saturated carbocycles. The van der Waals surface area contributed by atoms with Crippen LogP contribution in [-0.4, -0.2) is 31.7 Å². The third-order valence-corrected chi connectivity index (χ3v) is 4.84. The van der Waals surface area contributed by atoms with Crippen molar-refractivity contribution in [3.63, 3.8) is 0 Å². The van der Waals surface area contributed by atoms with E-state index < -0.39 is 0 Å². The van der Waals surface area contributed by atoms with Gasteiger partial charge in [-0.2, -0.15) is 0 Å². The summed E-state index contributed by atoms with van der Waals surface area (Å²) in [4.78, 5) is 1.85. The fraction of sp³-hybridized carbons (Fsp3) is 0.625. The van der Waals surface area contributed by atoms with Gasteiger partial charge in [0.05, 0.1) is 19.1 Å². The van der Waals surface area contributed by atoms with Gasteiger partial charge < -0.3 is 10.2 Å². The molecular formula is C16H26N2+2. The molecule has 3 fully saturated rings. The molecule has 2 nitrogen and oxygen atoms in total. The van der Waals surface area contributed by atoms with Gasteiger partial charge >= 0.3 is 0 Å². The largest absolute Gasteiger partial charge is 0.336 e. The fourth-order valence-corrected chi connectivity index (χ4v) is 3.88. The van der Waals surface area contributed by atoms with Gasteiger partial charge in [0.15, 0.2) is 0 Å². The van der Waals surface area contributed by atoms with Crippen molar-refractivity contribution in [1.29, 1.82) is 0 Å². The molecular weight excluding hydrogens is 220 g/mol. The lowest BCUT2D eigenvalue weighted by Gasteiger charge is -2.40. The first-order chi connectivity index (χ1) is 8.81. The molecule has 2 atom stereocenters. The molecule has 98 valence electrons. The Labute approximate surface area is 110 Å². The van der Waals surface area contributed by atoms with Crippen LogP contribution in [0.3, 0.4) is 0 Å². The second-order valence-electron chi connectivity index (χ2n) is 6.31. The molecule has 3 aliphatic heterocycles. The Morgan fingerprint density at radius 2 is 1.94 bits per heavy atom. The molecule has 18 heavy (non-hydrogen) atoms. The molecule has 0 amide bonds. The monoisotopic (exact) mass is 246 g/mol. The molecule has 2 heteroatoms. The van der Waals surface area contributed by atoms with Gasteiger partial charge in [-0.25, -0.2) is 0 Å². The second kappa shape index (κ2) is 5.41. The Hall–Kier alpha value is -0.860. The predicted octanol–water partition coefficient (Wildman–Crippen LogP) is -0.142. The Balaban J connectivity index is 1.53. The van der Waals surface area contributed by atoms with Crippen LogP contribution in [0.15, 0.2) is 30.3 Å². The first-order valence-corrected chi connectivity index (χ1v) is 7.54. The summed E-state index contributed by atoms with van der Waals surface area (Å²) in [7, 11) is 0. The summed E-state index contributed by atoms with van der Waals surface area (Å²) < 4.78 is 0. The molecule has 0 radical (unpaired) electrons. The van der Waals surface area contributed by atoms with E-state index in [-0.39, 0.29) is 0 Å². The smallest absolute Gasteiger partial charge is 0.139 e. The Morgan fingerprint density at radius 1 is 1.22 bits per heavy atom. The van der Waals surface area contributed by atoms with E-state index in [4.69, 9.17) is 0 Å². The number of nitrogens with two attached hydrogens (primary N) is 1. The number of quaternary nitrogens is 2. The zero-order chi connectivity index (χ0) is 12.4. The Kier molecular flexibility index (Phi) is 3.67. The van der Waals surface area contributed by atoms with Crippen LogP contribution in [0, 0.1) is 5.92 Å². The van der Waals surface area contributed by atoms with E-state index in [9.17, 15) is 0 Å². The zero-order valence-corrected chi connectivity index (χ0v) is 11.4. The molecule has 2 unspecified atom stereocenters. The number of benzene rings is 1. The van der Waals surface area contributed by atoms with Crippen molar-refractivity contribution in [2.24, 2.45) is 5.92 Å². The van der Waals surface area contributed by atoms with Gasteiger partial charge in [-0.15, -0.1) is 0 Å². The minimum absolute atomic E-state index is 0.720. The predicted molar refractivity (Wildman–Crippen MR) is 73.6 cm³/mol. The summed E-state index contributed by atoms with van der Waals surface area (Å²) in [6, 6.07) is 12.5. The van der Waals surface area contributed by atoms with Gasteiger partial charge in [0.25, 0.3) is 0 Å². The molecule has 3 heterocycles. The highest BCUT2D eigenvalue weighted by Crippen LogP contribution is 2.15. The standard InChI is InChI=1S/C16H24N2/c1-13(11-14-5-3-2-4-6-14)17-16-12-18-9-7-15(16)8-10-18/h2-6,13,15-17H,7-12H2,1H3/p+2. The molecule has 3 N–H and O–H groups in total. The summed E-state index contributed by atoms with van der Waals surface area (Å²) in [5, 5.41) is 2.66. The molecule has 4 rings (SSSR count). The molecule has 3 saturated heterocycles. The third kappa shape index (κ3) is 2.76. The first-order valence-electron chi connectivity index (χ1n) is 7.54. The van der Waals surface area contributed by atoms with Gasteiger partial charge in [-0.3, -0.25) is 0 Å². The Morgan fingerprint density at radius 3 is 2.56 bits per heavy atom. The number of hydrogen-bond acceptors (Lipinski definition) is 0. The van der Waals surface area contributed by atoms with Gasteiger partial charge in [0.1, 0.15) is 12.6 Å². The number of hydrogen-bond donors (Lipinski definition) is 2. The van der Waals surface area contributed by atoms with Crippen LogP contribution in [0.1, 0.15) is 25.3 Å². The SMILES string of the molecule is CC(Cc1ccccc1)[NH2+]C1C[NH+]2CCC1CC2. The van der Waals surface area contributed by atoms with Crippen LogP contribution in [0.25, 0.3) is 0 Å². The summed E-state index contributed by atoms with van der Waals surface area (Å²) in [5.74, 6) is 1.00. The molecule has 3 aliphatic rings. The van der Waals surface area contributed by atoms with Crippen molar-refractivity contribution in [2.45, 2.75) is 38.3 Å². The van der Waals surface area contributed by atoms with Crippen LogP contribution in [0.2, 0.25) is 0 Å². The minimum atomic E-state index is 0.720. The van der Waals surface area contributed by atoms with E-state index in [0.717, 1.165) is 18.0 Å². The number of fused-ring (bicyclic) bond motifs is 3. The van der Waals surface area contributed by atoms with E-state index >= 15 is 0 Å². The Bertz CT molecular complexity index is 368. The third-order valence-electron chi connectivity index (χ3n) is 4.84. The average Bonchev–Trinajstić information content (AvgIpc) is 2.41. The number of piperidine rings is 3. The lowest BCUT2D eigenvalue weighted by Crippen LogP contribution is -3.21. The molecule has 0 aliphatic carbocycles.